The van der Waals surface area contributed by atoms with Gasteiger partial charge in [0.25, 0.3) is 0 Å². The van der Waals surface area contributed by atoms with Crippen LogP contribution in [-0.2, 0) is 10.8 Å². The van der Waals surface area contributed by atoms with Gasteiger partial charge in [0.15, 0.2) is 11.6 Å². The standard InChI is InChI=1S/C53H33N3S2.C47H29N3S2/c1-3-11-34(12-4-1)35-19-21-38(22-20-35)52-54-46(36-13-5-2-6-14-36)33-47(55-52)37-23-25-41(26-24-37)56-48-18-10-9-17-42(48)53(43-27-29-57-50(43)51-44(53)28-30-58-51)45-31-39-15-7-8-16-40(39)32-49(45)56;1-3-12-30(13-4-1)40-29-41(49-46(48-40)31-14-5-2-6-15-31)34-18-11-19-35(26-34)50-42-21-10-9-20-36(42)47(37-22-24-51-44(37)45-38(47)23-25-52-45)39-27-32-16-7-8-17-33(32)28-43(39)50/h1-33H;1-29H. The molecular weight excluding hydrogens is 1410 g/mol. The first kappa shape index (κ1) is 64.1. The van der Waals surface area contributed by atoms with Gasteiger partial charge in [0.1, 0.15) is 0 Å². The molecule has 0 bridgehead atoms. The summed E-state index contributed by atoms with van der Waals surface area (Å²) >= 11 is 7.44. The number of aromatic nitrogens is 4. The lowest BCUT2D eigenvalue weighted by molar-refractivity contribution is 0.757. The predicted molar refractivity (Wildman–Crippen MR) is 460 cm³/mol. The molecule has 0 unspecified atom stereocenters. The van der Waals surface area contributed by atoms with E-state index < -0.39 is 10.8 Å². The first-order valence-electron chi connectivity index (χ1n) is 37.0. The van der Waals surface area contributed by atoms with E-state index in [-0.39, 0.29) is 0 Å². The molecule has 6 aromatic heterocycles. The number of para-hydroxylation sites is 2. The maximum Gasteiger partial charge on any atom is 0.160 e. The first-order chi connectivity index (χ1) is 54.5. The Morgan fingerprint density at radius 2 is 0.518 bits per heavy atom. The normalized spacial score (nSPS) is 13.4. The summed E-state index contributed by atoms with van der Waals surface area (Å²) in [5.41, 5.74) is 29.1. The number of nitrogens with zero attached hydrogens (tertiary/aromatic N) is 6. The van der Waals surface area contributed by atoms with Crippen LogP contribution in [0.5, 0.6) is 0 Å². The molecule has 10 heteroatoms. The Balaban J connectivity index is 0.000000136. The van der Waals surface area contributed by atoms with E-state index in [0.717, 1.165) is 67.5 Å². The summed E-state index contributed by atoms with van der Waals surface area (Å²) in [6, 6.07) is 127. The van der Waals surface area contributed by atoms with Crippen molar-refractivity contribution in [2.24, 2.45) is 0 Å². The fraction of sp³-hybridized carbons (Fsp3) is 0.0200. The van der Waals surface area contributed by atoms with Crippen molar-refractivity contribution in [1.29, 1.82) is 0 Å². The minimum Gasteiger partial charge on any atom is -0.310 e. The van der Waals surface area contributed by atoms with Crippen LogP contribution in [0.15, 0.2) is 373 Å². The van der Waals surface area contributed by atoms with Crippen molar-refractivity contribution in [3.8, 4) is 98.4 Å². The molecule has 6 nitrogen and oxygen atoms in total. The number of fused-ring (bicyclic) bond motifs is 20. The number of benzene rings is 13. The van der Waals surface area contributed by atoms with Gasteiger partial charge in [0.05, 0.1) is 56.4 Å². The smallest absolute Gasteiger partial charge is 0.160 e. The Bertz CT molecular complexity index is 6660. The summed E-state index contributed by atoms with van der Waals surface area (Å²) in [4.78, 5) is 31.1. The van der Waals surface area contributed by atoms with Gasteiger partial charge in [-0.1, -0.05) is 255 Å². The Morgan fingerprint density at radius 1 is 0.200 bits per heavy atom. The van der Waals surface area contributed by atoms with Crippen LogP contribution in [0.1, 0.15) is 44.5 Å². The van der Waals surface area contributed by atoms with E-state index in [4.69, 9.17) is 19.9 Å². The molecule has 19 aromatic rings. The highest BCUT2D eigenvalue weighted by Gasteiger charge is 2.55. The maximum absolute atomic E-state index is 5.21. The van der Waals surface area contributed by atoms with E-state index in [1.807, 2.05) is 81.7 Å². The molecule has 8 heterocycles. The van der Waals surface area contributed by atoms with Gasteiger partial charge in [-0.05, 0) is 196 Å². The van der Waals surface area contributed by atoms with Crippen LogP contribution >= 0.6 is 45.3 Å². The summed E-state index contributed by atoms with van der Waals surface area (Å²) < 4.78 is 0. The molecule has 516 valence electrons. The van der Waals surface area contributed by atoms with Gasteiger partial charge in [-0.25, -0.2) is 19.9 Å². The van der Waals surface area contributed by atoms with Crippen molar-refractivity contribution < 1.29 is 0 Å². The Kier molecular flexibility index (Phi) is 15.1. The molecule has 110 heavy (non-hydrogen) atoms. The van der Waals surface area contributed by atoms with E-state index in [2.05, 4.69) is 347 Å². The Labute approximate surface area is 652 Å². The van der Waals surface area contributed by atoms with Crippen LogP contribution < -0.4 is 9.80 Å². The highest BCUT2D eigenvalue weighted by atomic mass is 32.1. The lowest BCUT2D eigenvalue weighted by Gasteiger charge is -2.44. The third-order valence-electron chi connectivity index (χ3n) is 22.5. The number of hydrogen-bond acceptors (Lipinski definition) is 10. The van der Waals surface area contributed by atoms with E-state index in [0.29, 0.717) is 11.6 Å². The van der Waals surface area contributed by atoms with E-state index in [1.165, 1.54) is 119 Å². The second-order valence-electron chi connectivity index (χ2n) is 28.4. The van der Waals surface area contributed by atoms with Crippen LogP contribution in [0.3, 0.4) is 0 Å². The summed E-state index contributed by atoms with van der Waals surface area (Å²) in [6.45, 7) is 0. The summed E-state index contributed by atoms with van der Waals surface area (Å²) in [7, 11) is 0. The van der Waals surface area contributed by atoms with Crippen molar-refractivity contribution in [2.75, 3.05) is 9.80 Å². The average Bonchev–Trinajstić information content (AvgIpc) is 1.48. The molecule has 13 aromatic carbocycles. The molecule has 0 radical (unpaired) electrons. The summed E-state index contributed by atoms with van der Waals surface area (Å²) in [6.07, 6.45) is 0. The van der Waals surface area contributed by atoms with Gasteiger partial charge in [0.2, 0.25) is 0 Å². The highest BCUT2D eigenvalue weighted by Crippen LogP contribution is 2.68. The van der Waals surface area contributed by atoms with Crippen LogP contribution in [-0.4, -0.2) is 19.9 Å². The second kappa shape index (κ2) is 25.8. The topological polar surface area (TPSA) is 58.0 Å². The average molecular weight is 1480 g/mol. The predicted octanol–water partition coefficient (Wildman–Crippen LogP) is 27.5. The SMILES string of the molecule is c1ccc(-c2cc(-c3cccc(N4c5ccccc5C5(c6cc7ccccc7cc64)c4ccsc4-c4sccc45)c3)nc(-c3ccccc3)n2)cc1.c1ccc(-c2ccc(-c3nc(-c4ccccc4)cc(-c4ccc(N5c6ccccc6C6(c7cc8ccccc8cc75)c5ccsc5-c5sccc56)cc4)n3)cc2)cc1. The molecule has 0 atom stereocenters. The minimum atomic E-state index is -0.406. The van der Waals surface area contributed by atoms with Gasteiger partial charge in [-0.15, -0.1) is 45.3 Å². The first-order valence-corrected chi connectivity index (χ1v) is 40.5. The number of anilines is 6. The van der Waals surface area contributed by atoms with Gasteiger partial charge >= 0.3 is 0 Å². The lowest BCUT2D eigenvalue weighted by Crippen LogP contribution is -2.35. The number of thiophene rings is 4. The fourth-order valence-electron chi connectivity index (χ4n) is 17.7. The van der Waals surface area contributed by atoms with Crippen molar-refractivity contribution in [1.82, 2.24) is 19.9 Å². The van der Waals surface area contributed by atoms with Crippen LogP contribution in [0, 0.1) is 0 Å². The van der Waals surface area contributed by atoms with Crippen molar-refractivity contribution in [2.45, 2.75) is 10.8 Å². The summed E-state index contributed by atoms with van der Waals surface area (Å²) in [5.74, 6) is 1.41. The highest BCUT2D eigenvalue weighted by molar-refractivity contribution is 7.21. The Hall–Kier alpha value is -13.1. The Morgan fingerprint density at radius 3 is 0.964 bits per heavy atom. The molecule has 2 aliphatic heterocycles. The van der Waals surface area contributed by atoms with Crippen LogP contribution in [0.4, 0.5) is 34.1 Å². The van der Waals surface area contributed by atoms with E-state index in [9.17, 15) is 0 Å². The molecule has 0 saturated carbocycles. The van der Waals surface area contributed by atoms with Crippen LogP contribution in [0.25, 0.3) is 120 Å². The maximum atomic E-state index is 5.21. The molecule has 23 rings (SSSR count). The zero-order valence-corrected chi connectivity index (χ0v) is 62.4. The molecule has 0 amide bonds. The molecule has 2 aliphatic carbocycles. The molecule has 0 N–H and O–H groups in total. The molecule has 0 saturated heterocycles. The zero-order chi connectivity index (χ0) is 72.4. The zero-order valence-electron chi connectivity index (χ0n) is 59.1. The molecular formula is C100H62N6S4. The molecule has 4 aliphatic rings. The fourth-order valence-corrected chi connectivity index (χ4v) is 21.9. The van der Waals surface area contributed by atoms with Gasteiger partial charge in [0, 0.05) is 64.3 Å². The quantitative estimate of drug-likeness (QED) is 0.144. The van der Waals surface area contributed by atoms with Crippen molar-refractivity contribution in [3.05, 3.63) is 418 Å². The van der Waals surface area contributed by atoms with Gasteiger partial charge in [-0.2, -0.15) is 0 Å². The number of rotatable bonds is 9. The number of hydrogen-bond donors (Lipinski definition) is 0. The van der Waals surface area contributed by atoms with Gasteiger partial charge in [-0.3, -0.25) is 0 Å². The van der Waals surface area contributed by atoms with E-state index >= 15 is 0 Å². The van der Waals surface area contributed by atoms with E-state index in [1.54, 1.807) is 0 Å². The lowest BCUT2D eigenvalue weighted by atomic mass is 9.65. The minimum absolute atomic E-state index is 0.401. The third-order valence-corrected chi connectivity index (χ3v) is 26.5. The van der Waals surface area contributed by atoms with Gasteiger partial charge < -0.3 is 9.80 Å². The van der Waals surface area contributed by atoms with Crippen molar-refractivity contribution >= 4 is 101 Å². The molecule has 2 spiro atoms. The third kappa shape index (κ3) is 10.0. The largest absolute Gasteiger partial charge is 0.310 e. The van der Waals surface area contributed by atoms with Crippen LogP contribution in [0.2, 0.25) is 0 Å². The van der Waals surface area contributed by atoms with Crippen molar-refractivity contribution in [3.63, 3.8) is 0 Å². The monoisotopic (exact) mass is 1470 g/mol. The molecule has 0 fully saturated rings. The summed E-state index contributed by atoms with van der Waals surface area (Å²) in [5, 5.41) is 14.0. The second-order valence-corrected chi connectivity index (χ2v) is 32.0.